The maximum atomic E-state index is 12.0. The van der Waals surface area contributed by atoms with Crippen LogP contribution < -0.4 is 9.62 Å². The summed E-state index contributed by atoms with van der Waals surface area (Å²) in [4.78, 5) is 11.9. The minimum absolute atomic E-state index is 0.122. The molecule has 1 heterocycles. The first-order valence-corrected chi connectivity index (χ1v) is 10.8. The van der Waals surface area contributed by atoms with E-state index >= 15 is 0 Å². The first-order chi connectivity index (χ1) is 10.6. The van der Waals surface area contributed by atoms with Gasteiger partial charge >= 0.3 is 0 Å². The van der Waals surface area contributed by atoms with Gasteiger partial charge in [0.2, 0.25) is 15.9 Å². The number of hydrogen-bond donors (Lipinski definition) is 1. The number of nitrogens with zero attached hydrogens (tertiary/aromatic N) is 1. The van der Waals surface area contributed by atoms with Crippen molar-refractivity contribution >= 4 is 37.1 Å². The predicted molar refractivity (Wildman–Crippen MR) is 89.9 cm³/mol. The average Bonchev–Trinajstić information content (AvgIpc) is 2.78. The van der Waals surface area contributed by atoms with Crippen molar-refractivity contribution < 1.29 is 21.6 Å². The van der Waals surface area contributed by atoms with Gasteiger partial charge in [0.15, 0.2) is 0 Å². The quantitative estimate of drug-likeness (QED) is 0.841. The van der Waals surface area contributed by atoms with E-state index in [1.165, 1.54) is 4.31 Å². The Labute approximate surface area is 136 Å². The Morgan fingerprint density at radius 2 is 2.04 bits per heavy atom. The summed E-state index contributed by atoms with van der Waals surface area (Å²) in [5, 5.41) is 2.65. The number of rotatable bonds is 5. The largest absolute Gasteiger partial charge is 0.326 e. The van der Waals surface area contributed by atoms with Crippen LogP contribution in [0.3, 0.4) is 0 Å². The molecule has 9 heteroatoms. The van der Waals surface area contributed by atoms with Crippen LogP contribution in [0.5, 0.6) is 0 Å². The van der Waals surface area contributed by atoms with Crippen LogP contribution in [-0.2, 0) is 24.7 Å². The summed E-state index contributed by atoms with van der Waals surface area (Å²) in [6.07, 6.45) is 1.52. The van der Waals surface area contributed by atoms with Crippen LogP contribution in [0.25, 0.3) is 0 Å². The first kappa shape index (κ1) is 17.7. The van der Waals surface area contributed by atoms with Gasteiger partial charge in [-0.2, -0.15) is 0 Å². The zero-order chi connectivity index (χ0) is 17.3. The van der Waals surface area contributed by atoms with Crippen molar-refractivity contribution in [1.82, 2.24) is 0 Å². The van der Waals surface area contributed by atoms with Crippen molar-refractivity contribution in [3.63, 3.8) is 0 Å². The molecule has 0 aliphatic carbocycles. The number of carbonyl (C=O) groups excluding carboxylic acids is 1. The van der Waals surface area contributed by atoms with E-state index in [1.54, 1.807) is 25.1 Å². The summed E-state index contributed by atoms with van der Waals surface area (Å²) in [6.45, 7) is 2.21. The van der Waals surface area contributed by atoms with Crippen LogP contribution in [0.1, 0.15) is 18.4 Å². The summed E-state index contributed by atoms with van der Waals surface area (Å²) < 4.78 is 47.5. The van der Waals surface area contributed by atoms with E-state index < -0.39 is 25.8 Å². The number of hydrogen-bond acceptors (Lipinski definition) is 5. The molecule has 1 saturated heterocycles. The van der Waals surface area contributed by atoms with Crippen molar-refractivity contribution in [3.05, 3.63) is 23.8 Å². The molecule has 1 amide bonds. The molecule has 7 nitrogen and oxygen atoms in total. The number of aryl methyl sites for hydroxylation is 1. The molecule has 0 atom stereocenters. The summed E-state index contributed by atoms with van der Waals surface area (Å²) >= 11 is 0. The fourth-order valence-corrected chi connectivity index (χ4v) is 4.43. The first-order valence-electron chi connectivity index (χ1n) is 7.17. The normalized spacial score (nSPS) is 17.2. The molecule has 23 heavy (non-hydrogen) atoms. The predicted octanol–water partition coefficient (Wildman–Crippen LogP) is 0.908. The maximum absolute atomic E-state index is 12.0. The lowest BCUT2D eigenvalue weighted by atomic mass is 10.1. The highest BCUT2D eigenvalue weighted by Gasteiger charge is 2.28. The van der Waals surface area contributed by atoms with Gasteiger partial charge in [0, 0.05) is 24.9 Å². The molecule has 128 valence electrons. The van der Waals surface area contributed by atoms with Gasteiger partial charge in [-0.3, -0.25) is 9.10 Å². The second-order valence-corrected chi connectivity index (χ2v) is 9.94. The monoisotopic (exact) mass is 360 g/mol. The van der Waals surface area contributed by atoms with Gasteiger partial charge in [-0.1, -0.05) is 6.07 Å². The fourth-order valence-electron chi connectivity index (χ4n) is 2.32. The number of sulfonamides is 1. The van der Waals surface area contributed by atoms with Gasteiger partial charge in [-0.25, -0.2) is 16.8 Å². The standard InChI is InChI=1S/C14H20N2O5S2/c1-11-4-5-12(16-7-3-8-23(16,20)21)10-13(11)15-14(17)6-9-22(2,18)19/h4-5,10H,3,6-9H2,1-2H3,(H,15,17). The highest BCUT2D eigenvalue weighted by Crippen LogP contribution is 2.28. The lowest BCUT2D eigenvalue weighted by Gasteiger charge is -2.19. The lowest BCUT2D eigenvalue weighted by Crippen LogP contribution is -2.25. The van der Waals surface area contributed by atoms with Crippen molar-refractivity contribution in [3.8, 4) is 0 Å². The highest BCUT2D eigenvalue weighted by atomic mass is 32.2. The van der Waals surface area contributed by atoms with Crippen molar-refractivity contribution in [2.75, 3.05) is 33.9 Å². The minimum Gasteiger partial charge on any atom is -0.326 e. The van der Waals surface area contributed by atoms with Crippen LogP contribution in [0.2, 0.25) is 0 Å². The molecule has 1 aromatic carbocycles. The Hall–Kier alpha value is -1.61. The van der Waals surface area contributed by atoms with Crippen molar-refractivity contribution in [2.45, 2.75) is 19.8 Å². The topological polar surface area (TPSA) is 101 Å². The van der Waals surface area contributed by atoms with E-state index in [-0.39, 0.29) is 17.9 Å². The molecule has 2 rings (SSSR count). The Kier molecular flexibility index (Phi) is 5.00. The molecule has 1 aliphatic heterocycles. The fraction of sp³-hybridized carbons (Fsp3) is 0.500. The molecular weight excluding hydrogens is 340 g/mol. The number of sulfone groups is 1. The second kappa shape index (κ2) is 6.48. The van der Waals surface area contributed by atoms with Gasteiger partial charge in [-0.05, 0) is 31.0 Å². The number of nitrogens with one attached hydrogen (secondary N) is 1. The number of anilines is 2. The molecule has 1 aliphatic rings. The number of amides is 1. The zero-order valence-corrected chi connectivity index (χ0v) is 14.7. The highest BCUT2D eigenvalue weighted by molar-refractivity contribution is 7.93. The summed E-state index contributed by atoms with van der Waals surface area (Å²) in [5.74, 6) is -0.519. The number of benzene rings is 1. The molecule has 0 radical (unpaired) electrons. The van der Waals surface area contributed by atoms with E-state index in [0.717, 1.165) is 11.8 Å². The van der Waals surface area contributed by atoms with Crippen LogP contribution in [0.4, 0.5) is 11.4 Å². The average molecular weight is 360 g/mol. The van der Waals surface area contributed by atoms with Crippen LogP contribution >= 0.6 is 0 Å². The minimum atomic E-state index is -3.29. The molecule has 1 N–H and O–H groups in total. The molecule has 1 aromatic rings. The van der Waals surface area contributed by atoms with Crippen molar-refractivity contribution in [2.24, 2.45) is 0 Å². The van der Waals surface area contributed by atoms with E-state index in [4.69, 9.17) is 0 Å². The molecule has 1 fully saturated rings. The van der Waals surface area contributed by atoms with Crippen molar-refractivity contribution in [1.29, 1.82) is 0 Å². The zero-order valence-electron chi connectivity index (χ0n) is 13.1. The van der Waals surface area contributed by atoms with E-state index in [9.17, 15) is 21.6 Å². The Morgan fingerprint density at radius 3 is 2.61 bits per heavy atom. The molecule has 0 unspecified atom stereocenters. The second-order valence-electron chi connectivity index (χ2n) is 5.67. The van der Waals surface area contributed by atoms with E-state index in [2.05, 4.69) is 5.32 Å². The summed E-state index contributed by atoms with van der Waals surface area (Å²) in [6, 6.07) is 5.04. The third-order valence-corrected chi connectivity index (χ3v) is 6.40. The van der Waals surface area contributed by atoms with Gasteiger partial charge < -0.3 is 5.32 Å². The maximum Gasteiger partial charge on any atom is 0.235 e. The Morgan fingerprint density at radius 1 is 1.35 bits per heavy atom. The van der Waals surface area contributed by atoms with Gasteiger partial charge in [0.25, 0.3) is 0 Å². The Bertz CT molecular complexity index is 816. The van der Waals surface area contributed by atoms with Crippen LogP contribution in [0, 0.1) is 6.92 Å². The SMILES string of the molecule is Cc1ccc(N2CCCS2(=O)=O)cc1NC(=O)CCS(C)(=O)=O. The van der Waals surface area contributed by atoms with E-state index in [0.29, 0.717) is 24.3 Å². The third-order valence-electron chi connectivity index (χ3n) is 3.58. The molecular formula is C14H20N2O5S2. The van der Waals surface area contributed by atoms with E-state index in [1.807, 2.05) is 0 Å². The van der Waals surface area contributed by atoms with Crippen LogP contribution in [0.15, 0.2) is 18.2 Å². The Balaban J connectivity index is 2.16. The smallest absolute Gasteiger partial charge is 0.235 e. The molecule has 0 bridgehead atoms. The van der Waals surface area contributed by atoms with Gasteiger partial charge in [-0.15, -0.1) is 0 Å². The lowest BCUT2D eigenvalue weighted by molar-refractivity contribution is -0.115. The molecule has 0 aromatic heterocycles. The summed E-state index contributed by atoms with van der Waals surface area (Å²) in [5.41, 5.74) is 1.77. The van der Waals surface area contributed by atoms with Gasteiger partial charge in [0.1, 0.15) is 9.84 Å². The number of carbonyl (C=O) groups is 1. The summed E-state index contributed by atoms with van der Waals surface area (Å²) in [7, 11) is -6.49. The molecule has 0 spiro atoms. The third kappa shape index (κ3) is 4.68. The van der Waals surface area contributed by atoms with Gasteiger partial charge in [0.05, 0.1) is 17.2 Å². The molecule has 0 saturated carbocycles. The van der Waals surface area contributed by atoms with Crippen LogP contribution in [-0.4, -0.2) is 47.0 Å².